The van der Waals surface area contributed by atoms with Gasteiger partial charge in [0.2, 0.25) is 0 Å². The standard InChI is InChI=1S/C12H10N2OS.C2H6/c15-8-11-6-7-13-12(14-11)16-9-10-4-2-1-3-5-10;1-2/h1-8H,9H2;1-2H3. The fraction of sp³-hybridized carbons (Fsp3) is 0.214. The van der Waals surface area contributed by atoms with E-state index in [4.69, 9.17) is 0 Å². The van der Waals surface area contributed by atoms with Crippen molar-refractivity contribution >= 4 is 18.0 Å². The summed E-state index contributed by atoms with van der Waals surface area (Å²) in [6.45, 7) is 4.00. The molecule has 0 aliphatic heterocycles. The van der Waals surface area contributed by atoms with E-state index in [0.717, 1.165) is 12.0 Å². The first kappa shape index (κ1) is 14.4. The second-order valence-electron chi connectivity index (χ2n) is 3.16. The van der Waals surface area contributed by atoms with Gasteiger partial charge in [0.15, 0.2) is 11.4 Å². The zero-order chi connectivity index (χ0) is 13.2. The Morgan fingerprint density at radius 1 is 1.17 bits per heavy atom. The van der Waals surface area contributed by atoms with Gasteiger partial charge in [0.1, 0.15) is 5.69 Å². The Morgan fingerprint density at radius 3 is 2.56 bits per heavy atom. The van der Waals surface area contributed by atoms with Crippen molar-refractivity contribution in [2.45, 2.75) is 24.8 Å². The maximum Gasteiger partial charge on any atom is 0.188 e. The third-order valence-electron chi connectivity index (χ3n) is 1.99. The van der Waals surface area contributed by atoms with Crippen LogP contribution in [0, 0.1) is 0 Å². The Labute approximate surface area is 112 Å². The molecule has 94 valence electrons. The van der Waals surface area contributed by atoms with Crippen LogP contribution >= 0.6 is 11.8 Å². The number of carbonyl (C=O) groups excluding carboxylic acids is 1. The van der Waals surface area contributed by atoms with Crippen LogP contribution in [0.3, 0.4) is 0 Å². The zero-order valence-electron chi connectivity index (χ0n) is 10.5. The average molecular weight is 260 g/mol. The van der Waals surface area contributed by atoms with Crippen molar-refractivity contribution in [3.8, 4) is 0 Å². The summed E-state index contributed by atoms with van der Waals surface area (Å²) < 4.78 is 0. The van der Waals surface area contributed by atoms with E-state index in [1.807, 2.05) is 32.0 Å². The molecule has 1 aromatic heterocycles. The molecule has 0 unspecified atom stereocenters. The SMILES string of the molecule is CC.O=Cc1ccnc(SCc2ccccc2)n1. The summed E-state index contributed by atoms with van der Waals surface area (Å²) >= 11 is 1.52. The van der Waals surface area contributed by atoms with Crippen LogP contribution in [0.2, 0.25) is 0 Å². The zero-order valence-corrected chi connectivity index (χ0v) is 11.4. The van der Waals surface area contributed by atoms with Gasteiger partial charge >= 0.3 is 0 Å². The van der Waals surface area contributed by atoms with E-state index in [9.17, 15) is 4.79 Å². The van der Waals surface area contributed by atoms with Crippen LogP contribution in [-0.2, 0) is 5.75 Å². The number of aldehydes is 1. The highest BCUT2D eigenvalue weighted by Gasteiger charge is 2.00. The molecule has 3 nitrogen and oxygen atoms in total. The summed E-state index contributed by atoms with van der Waals surface area (Å²) in [5.41, 5.74) is 1.64. The first-order chi connectivity index (χ1) is 8.88. The summed E-state index contributed by atoms with van der Waals surface area (Å²) in [5.74, 6) is 0.809. The van der Waals surface area contributed by atoms with Gasteiger partial charge in [-0.2, -0.15) is 0 Å². The molecule has 0 saturated heterocycles. The molecule has 0 spiro atoms. The second kappa shape index (κ2) is 8.42. The first-order valence-corrected chi connectivity index (χ1v) is 6.82. The molecule has 0 bridgehead atoms. The number of carbonyl (C=O) groups is 1. The van der Waals surface area contributed by atoms with Crippen molar-refractivity contribution in [3.63, 3.8) is 0 Å². The van der Waals surface area contributed by atoms with E-state index in [2.05, 4.69) is 22.1 Å². The molecular formula is C14H16N2OS. The van der Waals surface area contributed by atoms with Crippen molar-refractivity contribution in [1.29, 1.82) is 0 Å². The van der Waals surface area contributed by atoms with E-state index in [1.54, 1.807) is 12.3 Å². The smallest absolute Gasteiger partial charge is 0.188 e. The topological polar surface area (TPSA) is 42.9 Å². The van der Waals surface area contributed by atoms with E-state index in [0.29, 0.717) is 10.9 Å². The number of hydrogen-bond donors (Lipinski definition) is 0. The van der Waals surface area contributed by atoms with Crippen LogP contribution < -0.4 is 0 Å². The predicted octanol–water partition coefficient (Wildman–Crippen LogP) is 3.61. The first-order valence-electron chi connectivity index (χ1n) is 5.83. The van der Waals surface area contributed by atoms with E-state index < -0.39 is 0 Å². The number of nitrogens with zero attached hydrogens (tertiary/aromatic N) is 2. The summed E-state index contributed by atoms with van der Waals surface area (Å²) in [6.07, 6.45) is 2.33. The van der Waals surface area contributed by atoms with E-state index in [-0.39, 0.29) is 0 Å². The van der Waals surface area contributed by atoms with Crippen LogP contribution in [0.5, 0.6) is 0 Å². The number of aromatic nitrogens is 2. The van der Waals surface area contributed by atoms with Gasteiger partial charge in [-0.25, -0.2) is 9.97 Å². The molecule has 0 aliphatic carbocycles. The number of hydrogen-bond acceptors (Lipinski definition) is 4. The molecule has 0 radical (unpaired) electrons. The third-order valence-corrected chi connectivity index (χ3v) is 2.92. The van der Waals surface area contributed by atoms with Crippen LogP contribution in [0.1, 0.15) is 29.9 Å². The highest BCUT2D eigenvalue weighted by Crippen LogP contribution is 2.18. The Kier molecular flexibility index (Phi) is 6.72. The normalized spacial score (nSPS) is 9.22. The lowest BCUT2D eigenvalue weighted by Gasteiger charge is -2.00. The summed E-state index contributed by atoms with van der Waals surface area (Å²) in [5, 5.41) is 0.633. The molecule has 1 heterocycles. The van der Waals surface area contributed by atoms with Gasteiger partial charge in [0, 0.05) is 11.9 Å². The molecule has 4 heteroatoms. The summed E-state index contributed by atoms with van der Waals surface area (Å²) in [7, 11) is 0. The largest absolute Gasteiger partial charge is 0.296 e. The fourth-order valence-electron chi connectivity index (χ4n) is 1.21. The Morgan fingerprint density at radius 2 is 1.89 bits per heavy atom. The van der Waals surface area contributed by atoms with Crippen LogP contribution in [0.4, 0.5) is 0 Å². The molecule has 2 aromatic rings. The van der Waals surface area contributed by atoms with Crippen molar-refractivity contribution in [2.24, 2.45) is 0 Å². The average Bonchev–Trinajstić information content (AvgIpc) is 2.48. The fourth-order valence-corrected chi connectivity index (χ4v) is 2.00. The Hall–Kier alpha value is -1.68. The lowest BCUT2D eigenvalue weighted by molar-refractivity contribution is 0.111. The van der Waals surface area contributed by atoms with Crippen molar-refractivity contribution in [3.05, 3.63) is 53.9 Å². The van der Waals surface area contributed by atoms with E-state index in [1.165, 1.54) is 17.3 Å². The quantitative estimate of drug-likeness (QED) is 0.478. The minimum Gasteiger partial charge on any atom is -0.296 e. The van der Waals surface area contributed by atoms with Gasteiger partial charge in [-0.1, -0.05) is 55.9 Å². The predicted molar refractivity (Wildman–Crippen MR) is 74.8 cm³/mol. The van der Waals surface area contributed by atoms with Crippen molar-refractivity contribution in [1.82, 2.24) is 9.97 Å². The molecule has 0 saturated carbocycles. The monoisotopic (exact) mass is 260 g/mol. The summed E-state index contributed by atoms with van der Waals surface area (Å²) in [6, 6.07) is 11.7. The van der Waals surface area contributed by atoms with E-state index >= 15 is 0 Å². The molecule has 0 atom stereocenters. The van der Waals surface area contributed by atoms with Gasteiger partial charge in [-0.3, -0.25) is 4.79 Å². The lowest BCUT2D eigenvalue weighted by Crippen LogP contribution is -1.92. The molecule has 0 aliphatic rings. The highest BCUT2D eigenvalue weighted by atomic mass is 32.2. The van der Waals surface area contributed by atoms with Crippen LogP contribution in [0.15, 0.2) is 47.8 Å². The molecule has 0 N–H and O–H groups in total. The third kappa shape index (κ3) is 4.67. The molecule has 0 fully saturated rings. The van der Waals surface area contributed by atoms with Gasteiger partial charge in [-0.05, 0) is 11.6 Å². The number of rotatable bonds is 4. The maximum absolute atomic E-state index is 10.5. The minimum atomic E-state index is 0.422. The molecule has 1 aromatic carbocycles. The molecule has 18 heavy (non-hydrogen) atoms. The van der Waals surface area contributed by atoms with Crippen molar-refractivity contribution in [2.75, 3.05) is 0 Å². The molecular weight excluding hydrogens is 244 g/mol. The summed E-state index contributed by atoms with van der Waals surface area (Å²) in [4.78, 5) is 18.7. The van der Waals surface area contributed by atoms with Gasteiger partial charge in [0.25, 0.3) is 0 Å². The lowest BCUT2D eigenvalue weighted by atomic mass is 10.2. The highest BCUT2D eigenvalue weighted by molar-refractivity contribution is 7.98. The Bertz CT molecular complexity index is 474. The number of benzene rings is 1. The van der Waals surface area contributed by atoms with Crippen molar-refractivity contribution < 1.29 is 4.79 Å². The van der Waals surface area contributed by atoms with Crippen LogP contribution in [-0.4, -0.2) is 16.3 Å². The molecule has 0 amide bonds. The van der Waals surface area contributed by atoms with Crippen LogP contribution in [0.25, 0.3) is 0 Å². The number of thioether (sulfide) groups is 1. The van der Waals surface area contributed by atoms with Gasteiger partial charge < -0.3 is 0 Å². The minimum absolute atomic E-state index is 0.422. The van der Waals surface area contributed by atoms with Gasteiger partial charge in [-0.15, -0.1) is 0 Å². The second-order valence-corrected chi connectivity index (χ2v) is 4.10. The molecule has 2 rings (SSSR count). The maximum atomic E-state index is 10.5. The van der Waals surface area contributed by atoms with Gasteiger partial charge in [0.05, 0.1) is 0 Å². The Balaban J connectivity index is 0.000000771.